The largest absolute Gasteiger partial charge is 0.394 e. The third kappa shape index (κ3) is 17.6. The van der Waals surface area contributed by atoms with Gasteiger partial charge in [-0.15, -0.1) is 50.6 Å². The standard InChI is InChI=1S/C54H87N9O18S3/c1-4-7-10-13-16-82-49-34(28-76-25-31-19-61(58-55-31)52-46(73)43(70)40(67)37(22-64)79-52)50(83-17-14-11-8-5-2)36(30-78-27-33-21-63(60-57-33)54-48(75)45(72)42(69)39(24-66)81-54)51(84-18-15-12-9-6-3)35(49)29-77-26-32-20-62(59-56-32)53-47(74)44(71)41(68)38(23-65)80-53/h19-21,37-48,52-54,64-75H,4-18,22-30H2,1-3H3/t37-,38-,39-,40-,41-,42-,43+,44+,45+,46-,47-,48-,52-,53-,54-/m1/s1. The molecule has 0 saturated carbocycles. The summed E-state index contributed by atoms with van der Waals surface area (Å²) in [6.07, 6.45) is -4.69. The summed E-state index contributed by atoms with van der Waals surface area (Å²) < 4.78 is 40.8. The molecule has 0 unspecified atom stereocenters. The summed E-state index contributed by atoms with van der Waals surface area (Å²) >= 11 is 5.18. The van der Waals surface area contributed by atoms with E-state index in [2.05, 4.69) is 51.7 Å². The van der Waals surface area contributed by atoms with Gasteiger partial charge in [-0.1, -0.05) is 94.2 Å². The minimum Gasteiger partial charge on any atom is -0.394 e. The van der Waals surface area contributed by atoms with Crippen LogP contribution in [0.1, 0.15) is 150 Å². The highest BCUT2D eigenvalue weighted by molar-refractivity contribution is 8.01. The Morgan fingerprint density at radius 1 is 0.381 bits per heavy atom. The molecule has 3 aliphatic rings. The molecule has 6 heterocycles. The van der Waals surface area contributed by atoms with Gasteiger partial charge in [0.25, 0.3) is 0 Å². The number of hydrogen-bond acceptors (Lipinski definition) is 27. The predicted molar refractivity (Wildman–Crippen MR) is 304 cm³/mol. The van der Waals surface area contributed by atoms with Gasteiger partial charge < -0.3 is 89.7 Å². The van der Waals surface area contributed by atoms with Gasteiger partial charge in [0.05, 0.1) is 78.1 Å². The van der Waals surface area contributed by atoms with Crippen LogP contribution in [0.4, 0.5) is 0 Å². The van der Waals surface area contributed by atoms with E-state index in [1.807, 2.05) is 0 Å². The molecular formula is C54H87N9O18S3. The summed E-state index contributed by atoms with van der Waals surface area (Å²) in [6, 6.07) is 0. The van der Waals surface area contributed by atoms with Crippen LogP contribution in [-0.4, -0.2) is 217 Å². The monoisotopic (exact) mass is 1250 g/mol. The maximum atomic E-state index is 10.9. The first kappa shape index (κ1) is 68.5. The number of benzene rings is 1. The molecular weight excluding hydrogens is 1160 g/mol. The summed E-state index contributed by atoms with van der Waals surface area (Å²) in [7, 11) is 0. The molecule has 474 valence electrons. The number of nitrogens with zero attached hydrogens (tertiary/aromatic N) is 9. The van der Waals surface area contributed by atoms with Crippen LogP contribution < -0.4 is 0 Å². The highest BCUT2D eigenvalue weighted by Gasteiger charge is 2.47. The Morgan fingerprint density at radius 3 is 0.905 bits per heavy atom. The zero-order chi connectivity index (χ0) is 60.3. The van der Waals surface area contributed by atoms with Crippen molar-refractivity contribution in [1.82, 2.24) is 45.0 Å². The van der Waals surface area contributed by atoms with Crippen molar-refractivity contribution in [1.29, 1.82) is 0 Å². The van der Waals surface area contributed by atoms with Crippen molar-refractivity contribution < 1.29 is 89.7 Å². The predicted octanol–water partition coefficient (Wildman–Crippen LogP) is 1.55. The Morgan fingerprint density at radius 2 is 0.655 bits per heavy atom. The maximum Gasteiger partial charge on any atom is 0.180 e. The normalized spacial score (nSPS) is 28.4. The number of aliphatic hydroxyl groups is 12. The lowest BCUT2D eigenvalue weighted by Gasteiger charge is -2.39. The van der Waals surface area contributed by atoms with E-state index in [0.717, 1.165) is 126 Å². The van der Waals surface area contributed by atoms with Crippen LogP contribution in [0.3, 0.4) is 0 Å². The van der Waals surface area contributed by atoms with Crippen LogP contribution >= 0.6 is 35.3 Å². The molecule has 7 rings (SSSR count). The average molecular weight is 1250 g/mol. The third-order valence-corrected chi connectivity index (χ3v) is 18.7. The van der Waals surface area contributed by atoms with Crippen molar-refractivity contribution in [3.8, 4) is 0 Å². The van der Waals surface area contributed by atoms with Gasteiger partial charge in [0.2, 0.25) is 0 Å². The number of thioether (sulfide) groups is 3. The van der Waals surface area contributed by atoms with Crippen LogP contribution in [0.5, 0.6) is 0 Å². The molecule has 0 bridgehead atoms. The average Bonchev–Trinajstić information content (AvgIpc) is 3.47. The van der Waals surface area contributed by atoms with Gasteiger partial charge >= 0.3 is 0 Å². The molecule has 12 N–H and O–H groups in total. The minimum absolute atomic E-state index is 0.0432. The lowest BCUT2D eigenvalue weighted by molar-refractivity contribution is -0.254. The molecule has 3 fully saturated rings. The number of aromatic nitrogens is 9. The first-order chi connectivity index (χ1) is 40.7. The lowest BCUT2D eigenvalue weighted by atomic mass is 9.98. The second kappa shape index (κ2) is 34.7. The van der Waals surface area contributed by atoms with E-state index >= 15 is 0 Å². The summed E-state index contributed by atoms with van der Waals surface area (Å²) in [6.45, 7) is 4.80. The molecule has 0 amide bonds. The van der Waals surface area contributed by atoms with Crippen molar-refractivity contribution in [2.75, 3.05) is 37.1 Å². The Hall–Kier alpha value is -3.03. The number of aliphatic hydroxyl groups excluding tert-OH is 12. The number of rotatable bonds is 36. The molecule has 15 atom stereocenters. The van der Waals surface area contributed by atoms with Gasteiger partial charge in [-0.2, -0.15) is 0 Å². The van der Waals surface area contributed by atoms with Gasteiger partial charge in [-0.05, 0) is 36.5 Å². The SMILES string of the molecule is CCCCCCSc1c(COCc2cn([C@@H]3O[C@H](CO)[C@@H](O)[C@H](O)[C@H]3O)nn2)c(SCCCCCC)c(COCc2cn([C@@H]3O[C@H](CO)[C@@H](O)[C@H](O)[C@H]3O)nn2)c(SCCCCCC)c1COCc1cn([C@@H]2O[C@H](CO)[C@@H](O)[C@H](O)[C@H]2O)nn1. The zero-order valence-electron chi connectivity index (χ0n) is 47.9. The Kier molecular flexibility index (Phi) is 28.2. The first-order valence-electron chi connectivity index (χ1n) is 29.2. The molecule has 3 aromatic heterocycles. The molecule has 3 saturated heterocycles. The Labute approximate surface area is 501 Å². The fourth-order valence-electron chi connectivity index (χ4n) is 10.1. The quantitative estimate of drug-likeness (QED) is 0.0227. The van der Waals surface area contributed by atoms with Crippen molar-refractivity contribution in [2.45, 2.75) is 244 Å². The van der Waals surface area contributed by atoms with Crippen LogP contribution in [0, 0.1) is 0 Å². The number of ether oxygens (including phenoxy) is 6. The molecule has 3 aliphatic heterocycles. The summed E-state index contributed by atoms with van der Waals surface area (Å²) in [5.41, 5.74) is 3.80. The molecule has 1 aromatic carbocycles. The highest BCUT2D eigenvalue weighted by Crippen LogP contribution is 2.46. The Bertz CT molecular complexity index is 2260. The maximum absolute atomic E-state index is 10.9. The molecule has 30 heteroatoms. The number of unbranched alkanes of at least 4 members (excludes halogenated alkanes) is 9. The van der Waals surface area contributed by atoms with Gasteiger partial charge in [0, 0.05) is 31.4 Å². The molecule has 4 aromatic rings. The second-order valence-electron chi connectivity index (χ2n) is 21.4. The molecule has 0 aliphatic carbocycles. The topological polar surface area (TPSA) is 390 Å². The van der Waals surface area contributed by atoms with Crippen molar-refractivity contribution in [3.63, 3.8) is 0 Å². The van der Waals surface area contributed by atoms with Gasteiger partial charge in [-0.25, -0.2) is 14.0 Å². The van der Waals surface area contributed by atoms with E-state index in [0.29, 0.717) is 17.1 Å². The van der Waals surface area contributed by atoms with E-state index < -0.39 is 112 Å². The fourth-order valence-corrected chi connectivity index (χ4v) is 13.9. The smallest absolute Gasteiger partial charge is 0.180 e. The van der Waals surface area contributed by atoms with Gasteiger partial charge in [0.15, 0.2) is 18.7 Å². The van der Waals surface area contributed by atoms with E-state index in [4.69, 9.17) is 28.4 Å². The third-order valence-electron chi connectivity index (χ3n) is 14.9. The zero-order valence-corrected chi connectivity index (χ0v) is 50.4. The molecule has 0 spiro atoms. The molecule has 27 nitrogen and oxygen atoms in total. The van der Waals surface area contributed by atoms with Crippen LogP contribution in [0.2, 0.25) is 0 Å². The second-order valence-corrected chi connectivity index (χ2v) is 24.7. The fraction of sp³-hybridized carbons (Fsp3) is 0.778. The minimum atomic E-state index is -1.62. The van der Waals surface area contributed by atoms with Gasteiger partial charge in [0.1, 0.15) is 90.3 Å². The van der Waals surface area contributed by atoms with E-state index in [-0.39, 0.29) is 39.6 Å². The number of hydrogen-bond donors (Lipinski definition) is 12. The van der Waals surface area contributed by atoms with Crippen molar-refractivity contribution in [2.24, 2.45) is 0 Å². The van der Waals surface area contributed by atoms with Crippen LogP contribution in [0.25, 0.3) is 0 Å². The summed E-state index contributed by atoms with van der Waals surface area (Å²) in [4.78, 5) is 2.92. The first-order valence-corrected chi connectivity index (χ1v) is 32.1. The summed E-state index contributed by atoms with van der Waals surface area (Å²) in [5, 5.41) is 150. The van der Waals surface area contributed by atoms with Crippen LogP contribution in [-0.2, 0) is 68.1 Å². The molecule has 0 radical (unpaired) electrons. The Balaban J connectivity index is 1.27. The lowest BCUT2D eigenvalue weighted by Crippen LogP contribution is -2.56. The van der Waals surface area contributed by atoms with Gasteiger partial charge in [-0.3, -0.25) is 0 Å². The van der Waals surface area contributed by atoms with Crippen LogP contribution in [0.15, 0.2) is 33.3 Å². The van der Waals surface area contributed by atoms with Crippen molar-refractivity contribution in [3.05, 3.63) is 52.4 Å². The summed E-state index contributed by atoms with van der Waals surface area (Å²) in [5.74, 6) is 2.34. The van der Waals surface area contributed by atoms with E-state index in [9.17, 15) is 61.3 Å². The van der Waals surface area contributed by atoms with Crippen molar-refractivity contribution >= 4 is 35.3 Å². The van der Waals surface area contributed by atoms with E-state index in [1.165, 1.54) is 32.6 Å². The molecule has 84 heavy (non-hydrogen) atoms. The highest BCUT2D eigenvalue weighted by atomic mass is 32.2. The van der Waals surface area contributed by atoms with E-state index in [1.54, 1.807) is 35.3 Å².